The Morgan fingerprint density at radius 2 is 1.62 bits per heavy atom. The van der Waals surface area contributed by atoms with Crippen molar-refractivity contribution in [1.29, 1.82) is 0 Å². The zero-order valence-corrected chi connectivity index (χ0v) is 6.94. The van der Waals surface area contributed by atoms with Crippen molar-refractivity contribution in [2.45, 2.75) is 25.4 Å². The molecule has 0 spiro atoms. The fourth-order valence-electron chi connectivity index (χ4n) is 1.69. The highest BCUT2D eigenvalue weighted by molar-refractivity contribution is 5.80. The average molecular weight is 190 g/mol. The van der Waals surface area contributed by atoms with Gasteiger partial charge in [-0.25, -0.2) is 4.39 Å². The van der Waals surface area contributed by atoms with Crippen molar-refractivity contribution in [1.82, 2.24) is 0 Å². The lowest BCUT2D eigenvalue weighted by Gasteiger charge is -2.27. The maximum Gasteiger partial charge on any atom is 0.307 e. The molecule has 1 rings (SSSR count). The van der Waals surface area contributed by atoms with Crippen LogP contribution in [0.15, 0.2) is 0 Å². The molecule has 0 saturated heterocycles. The average Bonchev–Trinajstić information content (AvgIpc) is 2.03. The minimum atomic E-state index is -1.21. The van der Waals surface area contributed by atoms with Crippen LogP contribution in [0.4, 0.5) is 4.39 Å². The summed E-state index contributed by atoms with van der Waals surface area (Å²) in [4.78, 5) is 21.2. The third kappa shape index (κ3) is 2.17. The highest BCUT2D eigenvalue weighted by Crippen LogP contribution is 2.32. The third-order valence-electron chi connectivity index (χ3n) is 2.42. The molecule has 1 fully saturated rings. The summed E-state index contributed by atoms with van der Waals surface area (Å²) in [5.74, 6) is -4.35. The Kier molecular flexibility index (Phi) is 2.85. The molecule has 4 nitrogen and oxygen atoms in total. The van der Waals surface area contributed by atoms with Gasteiger partial charge in [0.15, 0.2) is 0 Å². The Morgan fingerprint density at radius 3 is 2.08 bits per heavy atom. The Labute approximate surface area is 74.4 Å². The van der Waals surface area contributed by atoms with Gasteiger partial charge in [-0.3, -0.25) is 9.59 Å². The molecule has 1 aliphatic rings. The maximum atomic E-state index is 12.8. The van der Waals surface area contributed by atoms with Gasteiger partial charge < -0.3 is 10.2 Å². The Balaban J connectivity index is 2.72. The summed E-state index contributed by atoms with van der Waals surface area (Å²) in [6.07, 6.45) is -1.07. The summed E-state index contributed by atoms with van der Waals surface area (Å²) in [6, 6.07) is 0. The molecule has 0 aromatic rings. The molecule has 0 heterocycles. The van der Waals surface area contributed by atoms with Crippen molar-refractivity contribution in [3.05, 3.63) is 0 Å². The van der Waals surface area contributed by atoms with Crippen molar-refractivity contribution >= 4 is 11.9 Å². The molecule has 0 radical (unpaired) electrons. The van der Waals surface area contributed by atoms with E-state index >= 15 is 0 Å². The van der Waals surface area contributed by atoms with Crippen molar-refractivity contribution in [3.63, 3.8) is 0 Å². The van der Waals surface area contributed by atoms with Crippen molar-refractivity contribution in [3.8, 4) is 0 Å². The van der Waals surface area contributed by atoms with Gasteiger partial charge in [-0.2, -0.15) is 0 Å². The Hall–Kier alpha value is -1.13. The second kappa shape index (κ2) is 3.72. The second-order valence-corrected chi connectivity index (χ2v) is 3.30. The zero-order valence-electron chi connectivity index (χ0n) is 6.94. The van der Waals surface area contributed by atoms with Gasteiger partial charge in [0.1, 0.15) is 6.17 Å². The largest absolute Gasteiger partial charge is 0.481 e. The van der Waals surface area contributed by atoms with Gasteiger partial charge in [0.2, 0.25) is 0 Å². The standard InChI is InChI=1S/C8H11FO4/c9-4-1-2-5(7(10)11)6(3-4)8(12)13/h4-6H,1-3H2,(H,10,11)(H,12,13). The quantitative estimate of drug-likeness (QED) is 0.678. The first-order valence-electron chi connectivity index (χ1n) is 4.12. The number of carboxylic acid groups (broad SMARTS) is 2. The number of hydrogen-bond acceptors (Lipinski definition) is 2. The maximum absolute atomic E-state index is 12.8. The van der Waals surface area contributed by atoms with Crippen LogP contribution < -0.4 is 0 Å². The van der Waals surface area contributed by atoms with Crippen LogP contribution in [0, 0.1) is 11.8 Å². The van der Waals surface area contributed by atoms with E-state index in [1.807, 2.05) is 0 Å². The number of carboxylic acids is 2. The van der Waals surface area contributed by atoms with Gasteiger partial charge in [-0.15, -0.1) is 0 Å². The fraction of sp³-hybridized carbons (Fsp3) is 0.750. The van der Waals surface area contributed by atoms with Gasteiger partial charge in [-0.1, -0.05) is 0 Å². The van der Waals surface area contributed by atoms with Crippen LogP contribution in [0.5, 0.6) is 0 Å². The number of halogens is 1. The molecule has 0 aromatic carbocycles. The van der Waals surface area contributed by atoms with E-state index in [0.29, 0.717) is 0 Å². The number of carbonyl (C=O) groups is 2. The van der Waals surface area contributed by atoms with Gasteiger partial charge in [0.05, 0.1) is 11.8 Å². The van der Waals surface area contributed by atoms with Crippen molar-refractivity contribution in [2.24, 2.45) is 11.8 Å². The molecule has 1 aliphatic carbocycles. The Morgan fingerprint density at radius 1 is 1.08 bits per heavy atom. The summed E-state index contributed by atoms with van der Waals surface area (Å²) < 4.78 is 12.8. The Bertz CT molecular complexity index is 228. The molecular formula is C8H11FO4. The first-order valence-corrected chi connectivity index (χ1v) is 4.12. The number of rotatable bonds is 2. The van der Waals surface area contributed by atoms with E-state index in [0.717, 1.165) is 0 Å². The first kappa shape index (κ1) is 9.95. The predicted octanol–water partition coefficient (Wildman–Crippen LogP) is 0.910. The van der Waals surface area contributed by atoms with Crippen LogP contribution in [-0.2, 0) is 9.59 Å². The highest BCUT2D eigenvalue weighted by Gasteiger charge is 2.39. The normalized spacial score (nSPS) is 34.1. The van der Waals surface area contributed by atoms with E-state index in [9.17, 15) is 14.0 Å². The predicted molar refractivity (Wildman–Crippen MR) is 41.0 cm³/mol. The van der Waals surface area contributed by atoms with Crippen LogP contribution in [-0.4, -0.2) is 28.3 Å². The lowest BCUT2D eigenvalue weighted by Crippen LogP contribution is -2.36. The van der Waals surface area contributed by atoms with Crippen LogP contribution in [0.1, 0.15) is 19.3 Å². The summed E-state index contributed by atoms with van der Waals surface area (Å²) in [5, 5.41) is 17.3. The number of hydrogen-bond donors (Lipinski definition) is 2. The van der Waals surface area contributed by atoms with Crippen LogP contribution in [0.25, 0.3) is 0 Å². The molecule has 0 aliphatic heterocycles. The van der Waals surface area contributed by atoms with Gasteiger partial charge in [0.25, 0.3) is 0 Å². The molecule has 3 unspecified atom stereocenters. The van der Waals surface area contributed by atoms with Crippen molar-refractivity contribution < 1.29 is 24.2 Å². The molecule has 5 heteroatoms. The SMILES string of the molecule is O=C(O)C1CCC(F)CC1C(=O)O. The lowest BCUT2D eigenvalue weighted by atomic mass is 9.78. The van der Waals surface area contributed by atoms with Crippen LogP contribution >= 0.6 is 0 Å². The molecular weight excluding hydrogens is 179 g/mol. The van der Waals surface area contributed by atoms with E-state index in [-0.39, 0.29) is 19.3 Å². The van der Waals surface area contributed by atoms with E-state index in [2.05, 4.69) is 0 Å². The van der Waals surface area contributed by atoms with Gasteiger partial charge in [-0.05, 0) is 19.3 Å². The highest BCUT2D eigenvalue weighted by atomic mass is 19.1. The summed E-state index contributed by atoms with van der Waals surface area (Å²) in [7, 11) is 0. The minimum absolute atomic E-state index is 0.119. The second-order valence-electron chi connectivity index (χ2n) is 3.30. The number of aliphatic carboxylic acids is 2. The van der Waals surface area contributed by atoms with Gasteiger partial charge >= 0.3 is 11.9 Å². The molecule has 13 heavy (non-hydrogen) atoms. The first-order chi connectivity index (χ1) is 6.02. The topological polar surface area (TPSA) is 74.6 Å². The summed E-state index contributed by atoms with van der Waals surface area (Å²) >= 11 is 0. The molecule has 0 aromatic heterocycles. The molecule has 1 saturated carbocycles. The van der Waals surface area contributed by atoms with E-state index in [1.165, 1.54) is 0 Å². The van der Waals surface area contributed by atoms with Gasteiger partial charge in [0, 0.05) is 0 Å². The minimum Gasteiger partial charge on any atom is -0.481 e. The number of alkyl halides is 1. The van der Waals surface area contributed by atoms with E-state index in [4.69, 9.17) is 10.2 Å². The molecule has 0 bridgehead atoms. The molecule has 2 N–H and O–H groups in total. The van der Waals surface area contributed by atoms with E-state index in [1.54, 1.807) is 0 Å². The molecule has 74 valence electrons. The zero-order chi connectivity index (χ0) is 10.0. The fourth-order valence-corrected chi connectivity index (χ4v) is 1.69. The summed E-state index contributed by atoms with van der Waals surface area (Å²) in [6.45, 7) is 0. The van der Waals surface area contributed by atoms with E-state index < -0.39 is 29.9 Å². The van der Waals surface area contributed by atoms with Crippen LogP contribution in [0.2, 0.25) is 0 Å². The van der Waals surface area contributed by atoms with Crippen LogP contribution in [0.3, 0.4) is 0 Å². The molecule has 3 atom stereocenters. The third-order valence-corrected chi connectivity index (χ3v) is 2.42. The lowest BCUT2D eigenvalue weighted by molar-refractivity contribution is -0.156. The smallest absolute Gasteiger partial charge is 0.307 e. The summed E-state index contributed by atoms with van der Waals surface area (Å²) in [5.41, 5.74) is 0. The molecule has 0 amide bonds. The van der Waals surface area contributed by atoms with Crippen molar-refractivity contribution in [2.75, 3.05) is 0 Å². The monoisotopic (exact) mass is 190 g/mol.